The van der Waals surface area contributed by atoms with Gasteiger partial charge in [0.2, 0.25) is 0 Å². The van der Waals surface area contributed by atoms with Crippen LogP contribution >= 0.6 is 0 Å². The second-order valence-corrected chi connectivity index (χ2v) is 3.23. The maximum atomic E-state index is 7.81. The van der Waals surface area contributed by atoms with Gasteiger partial charge in [-0.3, -0.25) is 5.41 Å². The van der Waals surface area contributed by atoms with Crippen molar-refractivity contribution >= 4 is 5.84 Å². The summed E-state index contributed by atoms with van der Waals surface area (Å²) in [4.78, 5) is 2.10. The maximum Gasteiger partial charge on any atom is 0.0990 e. The predicted molar refractivity (Wildman–Crippen MR) is 49.6 cm³/mol. The normalized spacial score (nSPS) is 16.2. The van der Waals surface area contributed by atoms with E-state index in [1.54, 1.807) is 7.11 Å². The molecule has 0 aromatic carbocycles. The van der Waals surface area contributed by atoms with Gasteiger partial charge in [0.1, 0.15) is 0 Å². The second kappa shape index (κ2) is 4.45. The lowest BCUT2D eigenvalue weighted by molar-refractivity contribution is 0.176. The van der Waals surface area contributed by atoms with Crippen LogP contribution in [0.25, 0.3) is 0 Å². The molecule has 1 rings (SSSR count). The Bertz CT molecular complexity index is 155. The standard InChI is InChI=1S/C9H18N2O/c1-3-11(6-7-12-2)9(10)8-4-5-8/h8,10H,3-7H2,1-2H3. The first-order valence-corrected chi connectivity index (χ1v) is 4.62. The van der Waals surface area contributed by atoms with Crippen molar-refractivity contribution in [3.8, 4) is 0 Å². The molecule has 0 aromatic rings. The molecule has 0 atom stereocenters. The Balaban J connectivity index is 2.27. The van der Waals surface area contributed by atoms with Crippen LogP contribution in [0.4, 0.5) is 0 Å². The van der Waals surface area contributed by atoms with Crippen LogP contribution < -0.4 is 0 Å². The van der Waals surface area contributed by atoms with E-state index in [4.69, 9.17) is 10.1 Å². The fourth-order valence-corrected chi connectivity index (χ4v) is 1.27. The molecule has 0 radical (unpaired) electrons. The van der Waals surface area contributed by atoms with Gasteiger partial charge in [0.15, 0.2) is 0 Å². The van der Waals surface area contributed by atoms with Crippen LogP contribution in [0.1, 0.15) is 19.8 Å². The predicted octanol–water partition coefficient (Wildman–Crippen LogP) is 1.34. The van der Waals surface area contributed by atoms with Crippen molar-refractivity contribution in [3.63, 3.8) is 0 Å². The SMILES string of the molecule is CCN(CCOC)C(=N)C1CC1. The molecule has 70 valence electrons. The molecule has 1 saturated carbocycles. The monoisotopic (exact) mass is 170 g/mol. The Kier molecular flexibility index (Phi) is 3.53. The minimum atomic E-state index is 0.557. The van der Waals surface area contributed by atoms with Crippen LogP contribution in [0.15, 0.2) is 0 Å². The Hall–Kier alpha value is -0.570. The molecule has 0 aromatic heterocycles. The average Bonchev–Trinajstić information content (AvgIpc) is 2.88. The van der Waals surface area contributed by atoms with Crippen molar-refractivity contribution in [2.75, 3.05) is 26.8 Å². The highest BCUT2D eigenvalue weighted by Crippen LogP contribution is 2.30. The lowest BCUT2D eigenvalue weighted by Crippen LogP contribution is -2.34. The Labute approximate surface area is 74.2 Å². The van der Waals surface area contributed by atoms with Crippen molar-refractivity contribution in [2.24, 2.45) is 5.92 Å². The lowest BCUT2D eigenvalue weighted by Gasteiger charge is -2.22. The third-order valence-corrected chi connectivity index (χ3v) is 2.25. The van der Waals surface area contributed by atoms with Gasteiger partial charge in [-0.2, -0.15) is 0 Å². The van der Waals surface area contributed by atoms with Crippen molar-refractivity contribution in [2.45, 2.75) is 19.8 Å². The molecule has 0 unspecified atom stereocenters. The molecule has 0 heterocycles. The first-order valence-electron chi connectivity index (χ1n) is 4.62. The molecular weight excluding hydrogens is 152 g/mol. The van der Waals surface area contributed by atoms with Gasteiger partial charge in [-0.05, 0) is 19.8 Å². The van der Waals surface area contributed by atoms with Gasteiger partial charge >= 0.3 is 0 Å². The van der Waals surface area contributed by atoms with E-state index < -0.39 is 0 Å². The number of likely N-dealkylation sites (N-methyl/N-ethyl adjacent to an activating group) is 1. The summed E-state index contributed by atoms with van der Waals surface area (Å²) in [6.07, 6.45) is 2.42. The number of amidine groups is 1. The zero-order valence-corrected chi connectivity index (χ0v) is 7.97. The number of nitrogens with zero attached hydrogens (tertiary/aromatic N) is 1. The van der Waals surface area contributed by atoms with E-state index in [2.05, 4.69) is 11.8 Å². The number of nitrogens with one attached hydrogen (secondary N) is 1. The number of hydrogen-bond acceptors (Lipinski definition) is 2. The number of methoxy groups -OCH3 is 1. The molecule has 0 spiro atoms. The van der Waals surface area contributed by atoms with E-state index in [9.17, 15) is 0 Å². The summed E-state index contributed by atoms with van der Waals surface area (Å²) in [6.45, 7) is 4.61. The molecule has 0 saturated heterocycles. The van der Waals surface area contributed by atoms with Crippen LogP contribution in [0.3, 0.4) is 0 Å². The van der Waals surface area contributed by atoms with Gasteiger partial charge in [-0.25, -0.2) is 0 Å². The number of hydrogen-bond donors (Lipinski definition) is 1. The Morgan fingerprint density at radius 2 is 2.25 bits per heavy atom. The first-order chi connectivity index (χ1) is 5.79. The Morgan fingerprint density at radius 1 is 1.58 bits per heavy atom. The summed E-state index contributed by atoms with van der Waals surface area (Å²) >= 11 is 0. The van der Waals surface area contributed by atoms with Gasteiger partial charge in [-0.15, -0.1) is 0 Å². The van der Waals surface area contributed by atoms with Crippen molar-refractivity contribution in [3.05, 3.63) is 0 Å². The zero-order chi connectivity index (χ0) is 8.97. The smallest absolute Gasteiger partial charge is 0.0990 e. The van der Waals surface area contributed by atoms with Gasteiger partial charge in [0.25, 0.3) is 0 Å². The molecule has 0 aliphatic heterocycles. The molecule has 0 amide bonds. The molecule has 1 fully saturated rings. The van der Waals surface area contributed by atoms with Gasteiger partial charge < -0.3 is 9.64 Å². The molecule has 12 heavy (non-hydrogen) atoms. The summed E-state index contributed by atoms with van der Waals surface area (Å²) in [5, 5.41) is 7.81. The third kappa shape index (κ3) is 2.48. The van der Waals surface area contributed by atoms with Crippen LogP contribution in [0.2, 0.25) is 0 Å². The highest BCUT2D eigenvalue weighted by atomic mass is 16.5. The average molecular weight is 170 g/mol. The highest BCUT2D eigenvalue weighted by molar-refractivity contribution is 5.83. The van der Waals surface area contributed by atoms with Crippen LogP contribution in [0, 0.1) is 11.3 Å². The molecular formula is C9H18N2O. The molecule has 0 bridgehead atoms. The third-order valence-electron chi connectivity index (χ3n) is 2.25. The van der Waals surface area contributed by atoms with E-state index in [1.807, 2.05) is 0 Å². The van der Waals surface area contributed by atoms with Crippen molar-refractivity contribution in [1.29, 1.82) is 5.41 Å². The summed E-state index contributed by atoms with van der Waals surface area (Å²) in [5.74, 6) is 1.37. The zero-order valence-electron chi connectivity index (χ0n) is 7.97. The summed E-state index contributed by atoms with van der Waals surface area (Å²) in [7, 11) is 1.70. The van der Waals surface area contributed by atoms with E-state index >= 15 is 0 Å². The molecule has 3 heteroatoms. The van der Waals surface area contributed by atoms with Crippen LogP contribution in [-0.2, 0) is 4.74 Å². The van der Waals surface area contributed by atoms with E-state index in [0.29, 0.717) is 5.92 Å². The fraction of sp³-hybridized carbons (Fsp3) is 0.889. The highest BCUT2D eigenvalue weighted by Gasteiger charge is 2.29. The fourth-order valence-electron chi connectivity index (χ4n) is 1.27. The number of rotatable bonds is 5. The first kappa shape index (κ1) is 9.52. The number of ether oxygens (including phenoxy) is 1. The maximum absolute atomic E-state index is 7.81. The van der Waals surface area contributed by atoms with Crippen LogP contribution in [-0.4, -0.2) is 37.5 Å². The van der Waals surface area contributed by atoms with Crippen LogP contribution in [0.5, 0.6) is 0 Å². The minimum Gasteiger partial charge on any atom is -0.383 e. The topological polar surface area (TPSA) is 36.3 Å². The lowest BCUT2D eigenvalue weighted by atomic mass is 10.3. The van der Waals surface area contributed by atoms with E-state index in [1.165, 1.54) is 12.8 Å². The molecule has 1 aliphatic rings. The van der Waals surface area contributed by atoms with Crippen molar-refractivity contribution in [1.82, 2.24) is 4.90 Å². The largest absolute Gasteiger partial charge is 0.383 e. The van der Waals surface area contributed by atoms with Gasteiger partial charge in [-0.1, -0.05) is 0 Å². The Morgan fingerprint density at radius 3 is 2.67 bits per heavy atom. The van der Waals surface area contributed by atoms with E-state index in [-0.39, 0.29) is 0 Å². The second-order valence-electron chi connectivity index (χ2n) is 3.23. The van der Waals surface area contributed by atoms with Gasteiger partial charge in [0, 0.05) is 26.1 Å². The molecule has 1 N–H and O–H groups in total. The quantitative estimate of drug-likeness (QED) is 0.499. The summed E-state index contributed by atoms with van der Waals surface area (Å²) < 4.78 is 4.99. The van der Waals surface area contributed by atoms with Crippen molar-refractivity contribution < 1.29 is 4.74 Å². The summed E-state index contributed by atoms with van der Waals surface area (Å²) in [5.41, 5.74) is 0. The summed E-state index contributed by atoms with van der Waals surface area (Å²) in [6, 6.07) is 0. The van der Waals surface area contributed by atoms with E-state index in [0.717, 1.165) is 25.5 Å². The molecule has 3 nitrogen and oxygen atoms in total. The minimum absolute atomic E-state index is 0.557. The van der Waals surface area contributed by atoms with Gasteiger partial charge in [0.05, 0.1) is 12.4 Å². The molecule has 1 aliphatic carbocycles.